The van der Waals surface area contributed by atoms with Gasteiger partial charge in [0.1, 0.15) is 0 Å². The highest BCUT2D eigenvalue weighted by Crippen LogP contribution is 2.33. The van der Waals surface area contributed by atoms with Crippen molar-refractivity contribution >= 4 is 23.2 Å². The van der Waals surface area contributed by atoms with E-state index in [0.29, 0.717) is 5.02 Å². The summed E-state index contributed by atoms with van der Waals surface area (Å²) in [5.74, 6) is 0. The fraction of sp³-hybridized carbons (Fsp3) is 0.0625. The van der Waals surface area contributed by atoms with E-state index in [1.165, 1.54) is 0 Å². The molecule has 1 heterocycles. The molecule has 0 bridgehead atoms. The van der Waals surface area contributed by atoms with Crippen LogP contribution in [-0.2, 0) is 0 Å². The molecule has 100 valence electrons. The molecule has 0 aliphatic heterocycles. The summed E-state index contributed by atoms with van der Waals surface area (Å²) in [6.07, 6.45) is 3.70. The van der Waals surface area contributed by atoms with Crippen LogP contribution in [0.2, 0.25) is 5.02 Å². The molecule has 2 nitrogen and oxygen atoms in total. The zero-order valence-electron chi connectivity index (χ0n) is 10.6. The van der Waals surface area contributed by atoms with Crippen molar-refractivity contribution in [3.05, 3.63) is 83.1 Å². The minimum atomic E-state index is -0.304. The van der Waals surface area contributed by atoms with Crippen molar-refractivity contribution in [3.8, 4) is 5.69 Å². The van der Waals surface area contributed by atoms with Crippen LogP contribution in [0.15, 0.2) is 67.0 Å². The largest absolute Gasteiger partial charge is 0.241 e. The second kappa shape index (κ2) is 5.70. The predicted octanol–water partition coefficient (Wildman–Crippen LogP) is 4.85. The molecular formula is C16H12Cl2N2. The maximum Gasteiger partial charge on any atom is 0.0880 e. The number of hydrogen-bond acceptors (Lipinski definition) is 1. The van der Waals surface area contributed by atoms with Crippen LogP contribution in [0.3, 0.4) is 0 Å². The zero-order chi connectivity index (χ0) is 13.9. The van der Waals surface area contributed by atoms with Gasteiger partial charge in [-0.2, -0.15) is 5.10 Å². The van der Waals surface area contributed by atoms with E-state index in [0.717, 1.165) is 16.8 Å². The first kappa shape index (κ1) is 13.2. The number of alkyl halides is 1. The molecule has 20 heavy (non-hydrogen) atoms. The summed E-state index contributed by atoms with van der Waals surface area (Å²) in [4.78, 5) is 0. The second-order valence-electron chi connectivity index (χ2n) is 4.44. The van der Waals surface area contributed by atoms with Crippen molar-refractivity contribution in [1.82, 2.24) is 9.78 Å². The van der Waals surface area contributed by atoms with Crippen molar-refractivity contribution in [3.63, 3.8) is 0 Å². The smallest absolute Gasteiger partial charge is 0.0880 e. The van der Waals surface area contributed by atoms with Gasteiger partial charge in [-0.15, -0.1) is 11.6 Å². The Bertz CT molecular complexity index is 707. The average molecular weight is 303 g/mol. The SMILES string of the molecule is Clc1ccccc1C(Cl)c1cnn(-c2ccccc2)c1. The monoisotopic (exact) mass is 302 g/mol. The van der Waals surface area contributed by atoms with Gasteiger partial charge in [0.15, 0.2) is 0 Å². The van der Waals surface area contributed by atoms with Crippen LogP contribution in [-0.4, -0.2) is 9.78 Å². The lowest BCUT2D eigenvalue weighted by Gasteiger charge is -2.09. The van der Waals surface area contributed by atoms with Crippen molar-refractivity contribution in [2.75, 3.05) is 0 Å². The van der Waals surface area contributed by atoms with Crippen LogP contribution in [0.5, 0.6) is 0 Å². The zero-order valence-corrected chi connectivity index (χ0v) is 12.1. The number of rotatable bonds is 3. The third-order valence-corrected chi connectivity index (χ3v) is 3.93. The van der Waals surface area contributed by atoms with E-state index in [1.807, 2.05) is 65.5 Å². The van der Waals surface area contributed by atoms with E-state index in [4.69, 9.17) is 23.2 Å². The Morgan fingerprint density at radius 1 is 0.950 bits per heavy atom. The quantitative estimate of drug-likeness (QED) is 0.632. The summed E-state index contributed by atoms with van der Waals surface area (Å²) >= 11 is 12.7. The van der Waals surface area contributed by atoms with Crippen LogP contribution < -0.4 is 0 Å². The highest BCUT2D eigenvalue weighted by Gasteiger charge is 2.15. The van der Waals surface area contributed by atoms with Gasteiger partial charge in [0.25, 0.3) is 0 Å². The van der Waals surface area contributed by atoms with E-state index < -0.39 is 0 Å². The van der Waals surface area contributed by atoms with Gasteiger partial charge in [-0.1, -0.05) is 48.0 Å². The summed E-state index contributed by atoms with van der Waals surface area (Å²) < 4.78 is 1.81. The van der Waals surface area contributed by atoms with Gasteiger partial charge in [0.05, 0.1) is 17.3 Å². The molecule has 0 aliphatic rings. The topological polar surface area (TPSA) is 17.8 Å². The standard InChI is InChI=1S/C16H12Cl2N2/c17-15-9-5-4-8-14(15)16(18)12-10-19-20(11-12)13-6-2-1-3-7-13/h1-11,16H. The van der Waals surface area contributed by atoms with Crippen molar-refractivity contribution < 1.29 is 0 Å². The third-order valence-electron chi connectivity index (χ3n) is 3.09. The fourth-order valence-electron chi connectivity index (χ4n) is 2.05. The van der Waals surface area contributed by atoms with Crippen LogP contribution in [0.25, 0.3) is 5.69 Å². The van der Waals surface area contributed by atoms with Crippen LogP contribution in [0.4, 0.5) is 0 Å². The number of para-hydroxylation sites is 1. The number of nitrogens with zero attached hydrogens (tertiary/aromatic N) is 2. The minimum Gasteiger partial charge on any atom is -0.241 e. The van der Waals surface area contributed by atoms with Gasteiger partial charge >= 0.3 is 0 Å². The van der Waals surface area contributed by atoms with Crippen molar-refractivity contribution in [1.29, 1.82) is 0 Å². The number of halogens is 2. The molecule has 3 rings (SSSR count). The molecule has 1 atom stereocenters. The lowest BCUT2D eigenvalue weighted by atomic mass is 10.1. The predicted molar refractivity (Wildman–Crippen MR) is 82.7 cm³/mol. The molecule has 0 N–H and O–H groups in total. The molecule has 0 radical (unpaired) electrons. The first-order valence-electron chi connectivity index (χ1n) is 6.24. The molecule has 1 aromatic heterocycles. The summed E-state index contributed by atoms with van der Waals surface area (Å²) in [6, 6.07) is 17.5. The van der Waals surface area contributed by atoms with Gasteiger partial charge in [-0.05, 0) is 23.8 Å². The van der Waals surface area contributed by atoms with E-state index >= 15 is 0 Å². The Balaban J connectivity index is 1.93. The molecule has 3 aromatic rings. The van der Waals surface area contributed by atoms with Crippen molar-refractivity contribution in [2.24, 2.45) is 0 Å². The molecule has 0 amide bonds. The fourth-order valence-corrected chi connectivity index (χ4v) is 2.65. The molecule has 1 unspecified atom stereocenters. The van der Waals surface area contributed by atoms with E-state index in [9.17, 15) is 0 Å². The number of aromatic nitrogens is 2. The van der Waals surface area contributed by atoms with Crippen molar-refractivity contribution in [2.45, 2.75) is 5.38 Å². The molecule has 0 spiro atoms. The Morgan fingerprint density at radius 2 is 1.65 bits per heavy atom. The molecule has 0 saturated heterocycles. The van der Waals surface area contributed by atoms with E-state index in [2.05, 4.69) is 5.10 Å². The first-order chi connectivity index (χ1) is 9.75. The molecule has 0 fully saturated rings. The Labute approximate surface area is 127 Å². The maximum absolute atomic E-state index is 6.50. The molecule has 2 aromatic carbocycles. The molecule has 0 aliphatic carbocycles. The highest BCUT2D eigenvalue weighted by atomic mass is 35.5. The van der Waals surface area contributed by atoms with Gasteiger partial charge in [0.2, 0.25) is 0 Å². The second-order valence-corrected chi connectivity index (χ2v) is 5.28. The molecule has 4 heteroatoms. The lowest BCUT2D eigenvalue weighted by Crippen LogP contribution is -1.94. The molecule has 0 saturated carbocycles. The maximum atomic E-state index is 6.50. The third kappa shape index (κ3) is 2.58. The van der Waals surface area contributed by atoms with E-state index in [1.54, 1.807) is 6.20 Å². The van der Waals surface area contributed by atoms with Gasteiger partial charge < -0.3 is 0 Å². The van der Waals surface area contributed by atoms with Gasteiger partial charge in [-0.25, -0.2) is 4.68 Å². The average Bonchev–Trinajstić information content (AvgIpc) is 2.98. The highest BCUT2D eigenvalue weighted by molar-refractivity contribution is 6.33. The van der Waals surface area contributed by atoms with Crippen LogP contribution >= 0.6 is 23.2 Å². The summed E-state index contributed by atoms with van der Waals surface area (Å²) in [5.41, 5.74) is 2.81. The van der Waals surface area contributed by atoms with Crippen LogP contribution in [0, 0.1) is 0 Å². The Hall–Kier alpha value is -1.77. The summed E-state index contributed by atoms with van der Waals surface area (Å²) in [6.45, 7) is 0. The summed E-state index contributed by atoms with van der Waals surface area (Å²) in [5, 5.41) is 4.71. The van der Waals surface area contributed by atoms with Crippen LogP contribution in [0.1, 0.15) is 16.5 Å². The summed E-state index contributed by atoms with van der Waals surface area (Å²) in [7, 11) is 0. The Kier molecular flexibility index (Phi) is 3.77. The minimum absolute atomic E-state index is 0.304. The number of benzene rings is 2. The number of hydrogen-bond donors (Lipinski definition) is 0. The Morgan fingerprint density at radius 3 is 2.40 bits per heavy atom. The first-order valence-corrected chi connectivity index (χ1v) is 7.05. The van der Waals surface area contributed by atoms with E-state index in [-0.39, 0.29) is 5.38 Å². The molecular weight excluding hydrogens is 291 g/mol. The van der Waals surface area contributed by atoms with Gasteiger partial charge in [-0.3, -0.25) is 0 Å². The lowest BCUT2D eigenvalue weighted by molar-refractivity contribution is 0.880. The van der Waals surface area contributed by atoms with Gasteiger partial charge in [0, 0.05) is 16.8 Å². The normalized spacial score (nSPS) is 12.3.